The fourth-order valence-corrected chi connectivity index (χ4v) is 2.84. The second-order valence-electron chi connectivity index (χ2n) is 5.87. The van der Waals surface area contributed by atoms with Crippen LogP contribution in [0.3, 0.4) is 0 Å². The van der Waals surface area contributed by atoms with Crippen LogP contribution in [-0.4, -0.2) is 44.1 Å². The van der Waals surface area contributed by atoms with Gasteiger partial charge in [-0.2, -0.15) is 0 Å². The molecule has 0 bridgehead atoms. The van der Waals surface area contributed by atoms with Gasteiger partial charge in [0.1, 0.15) is 12.4 Å². The molecule has 1 heterocycles. The maximum Gasteiger partial charge on any atom is 0.229 e. The number of amides is 1. The van der Waals surface area contributed by atoms with Crippen molar-refractivity contribution in [3.63, 3.8) is 0 Å². The van der Waals surface area contributed by atoms with Gasteiger partial charge in [-0.3, -0.25) is 4.79 Å². The van der Waals surface area contributed by atoms with Crippen LogP contribution in [0.1, 0.15) is 19.8 Å². The van der Waals surface area contributed by atoms with Gasteiger partial charge in [-0.15, -0.1) is 0 Å². The summed E-state index contributed by atoms with van der Waals surface area (Å²) < 4.78 is 5.63. The van der Waals surface area contributed by atoms with Gasteiger partial charge in [0.2, 0.25) is 5.91 Å². The van der Waals surface area contributed by atoms with Gasteiger partial charge in [0.25, 0.3) is 0 Å². The zero-order valence-corrected chi connectivity index (χ0v) is 13.4. The molecule has 1 amide bonds. The number of carbonyl (C=O) groups excluding carboxylic acids is 1. The summed E-state index contributed by atoms with van der Waals surface area (Å²) in [5, 5.41) is 3.96. The van der Waals surface area contributed by atoms with Crippen LogP contribution in [0.15, 0.2) is 24.3 Å². The summed E-state index contributed by atoms with van der Waals surface area (Å²) in [5.41, 5.74) is -0.289. The van der Waals surface area contributed by atoms with Gasteiger partial charge in [-0.25, -0.2) is 0 Å². The van der Waals surface area contributed by atoms with Crippen LogP contribution in [0, 0.1) is 5.41 Å². The molecule has 4 nitrogen and oxygen atoms in total. The molecule has 1 atom stereocenters. The molecule has 1 fully saturated rings. The lowest BCUT2D eigenvalue weighted by atomic mass is 9.81. The molecule has 1 unspecified atom stereocenters. The van der Waals surface area contributed by atoms with Crippen molar-refractivity contribution in [3.05, 3.63) is 29.3 Å². The topological polar surface area (TPSA) is 41.6 Å². The molecule has 1 aliphatic rings. The van der Waals surface area contributed by atoms with Crippen LogP contribution < -0.4 is 10.1 Å². The third kappa shape index (κ3) is 4.35. The van der Waals surface area contributed by atoms with Crippen molar-refractivity contribution in [2.24, 2.45) is 5.41 Å². The smallest absolute Gasteiger partial charge is 0.229 e. The molecule has 21 heavy (non-hydrogen) atoms. The Kier molecular flexibility index (Phi) is 5.48. The minimum atomic E-state index is -0.289. The predicted molar refractivity (Wildman–Crippen MR) is 84.8 cm³/mol. The van der Waals surface area contributed by atoms with Crippen molar-refractivity contribution in [1.82, 2.24) is 10.2 Å². The van der Waals surface area contributed by atoms with Crippen LogP contribution in [-0.2, 0) is 4.79 Å². The predicted octanol–water partition coefficient (Wildman–Crippen LogP) is 2.57. The van der Waals surface area contributed by atoms with Gasteiger partial charge in [0.05, 0.1) is 12.0 Å². The summed E-state index contributed by atoms with van der Waals surface area (Å²) in [6.45, 7) is 4.83. The Morgan fingerprint density at radius 3 is 3.00 bits per heavy atom. The SMILES string of the molecule is CN(CCOc1cccc(Cl)c1)C(=O)C1(C)CCCNC1. The highest BCUT2D eigenvalue weighted by atomic mass is 35.5. The summed E-state index contributed by atoms with van der Waals surface area (Å²) in [5.74, 6) is 0.915. The lowest BCUT2D eigenvalue weighted by molar-refractivity contribution is -0.141. The second-order valence-corrected chi connectivity index (χ2v) is 6.31. The third-order valence-corrected chi connectivity index (χ3v) is 4.19. The molecule has 116 valence electrons. The number of ether oxygens (including phenoxy) is 1. The number of piperidine rings is 1. The Labute approximate surface area is 131 Å². The first kappa shape index (κ1) is 16.1. The fraction of sp³-hybridized carbons (Fsp3) is 0.562. The van der Waals surface area contributed by atoms with Crippen LogP contribution in [0.2, 0.25) is 5.02 Å². The number of hydrogen-bond acceptors (Lipinski definition) is 3. The van der Waals surface area contributed by atoms with Crippen LogP contribution in [0.25, 0.3) is 0 Å². The first-order valence-corrected chi connectivity index (χ1v) is 7.74. The number of halogens is 1. The van der Waals surface area contributed by atoms with Gasteiger partial charge >= 0.3 is 0 Å². The largest absolute Gasteiger partial charge is 0.492 e. The van der Waals surface area contributed by atoms with Crippen molar-refractivity contribution in [2.75, 3.05) is 33.3 Å². The standard InChI is InChI=1S/C16H23ClN2O2/c1-16(7-4-8-18-12-16)15(20)19(2)9-10-21-14-6-3-5-13(17)11-14/h3,5-6,11,18H,4,7-10,12H2,1-2H3. The number of hydrogen-bond donors (Lipinski definition) is 1. The van der Waals surface area contributed by atoms with Gasteiger partial charge in [0.15, 0.2) is 0 Å². The van der Waals surface area contributed by atoms with E-state index in [-0.39, 0.29) is 11.3 Å². The highest BCUT2D eigenvalue weighted by Crippen LogP contribution is 2.27. The molecule has 5 heteroatoms. The first-order chi connectivity index (χ1) is 10.0. The number of nitrogens with one attached hydrogen (secondary N) is 1. The first-order valence-electron chi connectivity index (χ1n) is 7.36. The Hall–Kier alpha value is -1.26. The van der Waals surface area contributed by atoms with E-state index >= 15 is 0 Å². The molecular formula is C16H23ClN2O2. The van der Waals surface area contributed by atoms with Crippen molar-refractivity contribution in [1.29, 1.82) is 0 Å². The van der Waals surface area contributed by atoms with Crippen LogP contribution >= 0.6 is 11.6 Å². The Morgan fingerprint density at radius 1 is 1.52 bits per heavy atom. The van der Waals surface area contributed by atoms with E-state index in [1.54, 1.807) is 17.0 Å². The Bertz CT molecular complexity index is 487. The summed E-state index contributed by atoms with van der Waals surface area (Å²) in [4.78, 5) is 14.3. The molecule has 2 rings (SSSR count). The minimum Gasteiger partial charge on any atom is -0.492 e. The van der Waals surface area contributed by atoms with E-state index in [4.69, 9.17) is 16.3 Å². The van der Waals surface area contributed by atoms with E-state index < -0.39 is 0 Å². The van der Waals surface area contributed by atoms with Crippen molar-refractivity contribution in [3.8, 4) is 5.75 Å². The highest BCUT2D eigenvalue weighted by molar-refractivity contribution is 6.30. The van der Waals surface area contributed by atoms with Gasteiger partial charge in [-0.1, -0.05) is 17.7 Å². The number of carbonyl (C=O) groups is 1. The van der Waals surface area contributed by atoms with Crippen LogP contribution in [0.4, 0.5) is 0 Å². The molecule has 0 spiro atoms. The van der Waals surface area contributed by atoms with E-state index in [1.807, 2.05) is 26.1 Å². The fourth-order valence-electron chi connectivity index (χ4n) is 2.66. The summed E-state index contributed by atoms with van der Waals surface area (Å²) in [6, 6.07) is 7.29. The number of likely N-dealkylation sites (N-methyl/N-ethyl adjacent to an activating group) is 1. The molecule has 0 saturated carbocycles. The van der Waals surface area contributed by atoms with Crippen molar-refractivity contribution in [2.45, 2.75) is 19.8 Å². The van der Waals surface area contributed by atoms with E-state index in [9.17, 15) is 4.79 Å². The summed E-state index contributed by atoms with van der Waals surface area (Å²) >= 11 is 5.91. The number of benzene rings is 1. The minimum absolute atomic E-state index is 0.185. The maximum absolute atomic E-state index is 12.5. The molecule has 1 aromatic rings. The molecule has 0 aliphatic carbocycles. The molecule has 1 saturated heterocycles. The average molecular weight is 311 g/mol. The zero-order valence-electron chi connectivity index (χ0n) is 12.7. The van der Waals surface area contributed by atoms with Crippen molar-refractivity contribution >= 4 is 17.5 Å². The van der Waals surface area contributed by atoms with E-state index in [0.717, 1.165) is 31.7 Å². The lowest BCUT2D eigenvalue weighted by Gasteiger charge is -2.36. The van der Waals surface area contributed by atoms with Crippen LogP contribution in [0.5, 0.6) is 5.75 Å². The third-order valence-electron chi connectivity index (χ3n) is 3.95. The Morgan fingerprint density at radius 2 is 2.33 bits per heavy atom. The average Bonchev–Trinajstić information content (AvgIpc) is 2.47. The molecular weight excluding hydrogens is 288 g/mol. The normalized spacial score (nSPS) is 21.9. The van der Waals surface area contributed by atoms with Gasteiger partial charge in [0, 0.05) is 18.6 Å². The molecule has 0 radical (unpaired) electrons. The maximum atomic E-state index is 12.5. The van der Waals surface area contributed by atoms with E-state index in [0.29, 0.717) is 18.2 Å². The molecule has 0 aromatic heterocycles. The summed E-state index contributed by atoms with van der Waals surface area (Å²) in [7, 11) is 1.84. The van der Waals surface area contributed by atoms with Gasteiger partial charge < -0.3 is 15.0 Å². The second kappa shape index (κ2) is 7.14. The highest BCUT2D eigenvalue weighted by Gasteiger charge is 2.36. The van der Waals surface area contributed by atoms with Gasteiger partial charge in [-0.05, 0) is 44.5 Å². The van der Waals surface area contributed by atoms with Crippen molar-refractivity contribution < 1.29 is 9.53 Å². The lowest BCUT2D eigenvalue weighted by Crippen LogP contribution is -2.49. The Balaban J connectivity index is 1.81. The molecule has 1 N–H and O–H groups in total. The number of rotatable bonds is 5. The summed E-state index contributed by atoms with van der Waals surface area (Å²) in [6.07, 6.45) is 1.99. The number of nitrogens with zero attached hydrogens (tertiary/aromatic N) is 1. The molecule has 1 aromatic carbocycles. The monoisotopic (exact) mass is 310 g/mol. The van der Waals surface area contributed by atoms with E-state index in [1.165, 1.54) is 0 Å². The zero-order chi connectivity index (χ0) is 15.3. The molecule has 1 aliphatic heterocycles. The van der Waals surface area contributed by atoms with E-state index in [2.05, 4.69) is 5.32 Å². The quantitative estimate of drug-likeness (QED) is 0.909.